The summed E-state index contributed by atoms with van der Waals surface area (Å²) in [4.78, 5) is 27.6. The smallest absolute Gasteiger partial charge is 0.418 e. The van der Waals surface area contributed by atoms with Crippen LogP contribution in [0.4, 0.5) is 18.0 Å². The molecule has 0 saturated carbocycles. The van der Waals surface area contributed by atoms with Crippen molar-refractivity contribution in [2.45, 2.75) is 69.9 Å². The van der Waals surface area contributed by atoms with Crippen LogP contribution in [0.25, 0.3) is 11.2 Å². The van der Waals surface area contributed by atoms with E-state index in [1.54, 1.807) is 39.2 Å². The Kier molecular flexibility index (Phi) is 9.61. The number of amides is 1. The van der Waals surface area contributed by atoms with E-state index >= 15 is 0 Å². The van der Waals surface area contributed by atoms with Crippen molar-refractivity contribution in [1.29, 1.82) is 0 Å². The minimum Gasteiger partial charge on any atom is -0.444 e. The number of ether oxygens (including phenoxy) is 3. The molecule has 1 aromatic carbocycles. The highest BCUT2D eigenvalue weighted by atomic mass is 19.4. The van der Waals surface area contributed by atoms with Crippen LogP contribution >= 0.6 is 0 Å². The predicted molar refractivity (Wildman–Crippen MR) is 174 cm³/mol. The van der Waals surface area contributed by atoms with E-state index in [4.69, 9.17) is 14.2 Å². The summed E-state index contributed by atoms with van der Waals surface area (Å²) < 4.78 is 64.2. The largest absolute Gasteiger partial charge is 0.444 e. The molecule has 6 rings (SSSR count). The third-order valence-electron chi connectivity index (χ3n) is 8.99. The van der Waals surface area contributed by atoms with E-state index in [0.29, 0.717) is 70.0 Å². The molecule has 0 spiro atoms. The number of carbonyl (C=O) groups is 1. The number of imidazole rings is 1. The van der Waals surface area contributed by atoms with Gasteiger partial charge in [0.1, 0.15) is 17.8 Å². The molecule has 1 amide bonds. The van der Waals surface area contributed by atoms with Crippen LogP contribution in [0.2, 0.25) is 0 Å². The zero-order valence-electron chi connectivity index (χ0n) is 28.1. The van der Waals surface area contributed by atoms with Crippen molar-refractivity contribution < 1.29 is 32.2 Å². The molecule has 5 heterocycles. The van der Waals surface area contributed by atoms with Crippen molar-refractivity contribution in [2.24, 2.45) is 7.05 Å². The highest BCUT2D eigenvalue weighted by Gasteiger charge is 2.42. The Morgan fingerprint density at radius 1 is 1.12 bits per heavy atom. The first-order chi connectivity index (χ1) is 23.2. The molecule has 0 aliphatic carbocycles. The van der Waals surface area contributed by atoms with Gasteiger partial charge >= 0.3 is 18.0 Å². The van der Waals surface area contributed by atoms with Gasteiger partial charge in [-0.1, -0.05) is 12.1 Å². The van der Waals surface area contributed by atoms with Crippen LogP contribution in [0.5, 0.6) is 0 Å². The van der Waals surface area contributed by atoms with Crippen molar-refractivity contribution in [2.75, 3.05) is 39.5 Å². The molecule has 1 N–H and O–H groups in total. The van der Waals surface area contributed by atoms with E-state index in [0.717, 1.165) is 21.9 Å². The Morgan fingerprint density at radius 2 is 1.88 bits per heavy atom. The van der Waals surface area contributed by atoms with Crippen LogP contribution < -0.4 is 11.0 Å². The Hall–Kier alpha value is -4.21. The van der Waals surface area contributed by atoms with Gasteiger partial charge < -0.3 is 24.1 Å². The lowest BCUT2D eigenvalue weighted by Gasteiger charge is -2.41. The number of halogens is 3. The monoisotopic (exact) mass is 685 g/mol. The molecule has 264 valence electrons. The molecule has 0 atom stereocenters. The average molecular weight is 686 g/mol. The zero-order chi connectivity index (χ0) is 35.0. The van der Waals surface area contributed by atoms with Gasteiger partial charge in [-0.25, -0.2) is 9.59 Å². The molecule has 0 radical (unpaired) electrons. The van der Waals surface area contributed by atoms with E-state index in [1.807, 2.05) is 23.7 Å². The van der Waals surface area contributed by atoms with Crippen LogP contribution in [-0.4, -0.2) is 85.9 Å². The second-order valence-electron chi connectivity index (χ2n) is 13.9. The number of alkyl halides is 3. The molecular weight excluding hydrogens is 643 g/mol. The van der Waals surface area contributed by atoms with Gasteiger partial charge in [0.2, 0.25) is 0 Å². The van der Waals surface area contributed by atoms with Crippen LogP contribution in [0.15, 0.2) is 53.8 Å². The van der Waals surface area contributed by atoms with E-state index in [-0.39, 0.29) is 23.6 Å². The van der Waals surface area contributed by atoms with E-state index in [1.165, 1.54) is 17.0 Å². The van der Waals surface area contributed by atoms with E-state index in [2.05, 4.69) is 20.4 Å². The summed E-state index contributed by atoms with van der Waals surface area (Å²) in [6, 6.07) is 8.44. The molecule has 4 aromatic rings. The Morgan fingerprint density at radius 3 is 2.51 bits per heavy atom. The van der Waals surface area contributed by atoms with Crippen molar-refractivity contribution in [3.8, 4) is 5.69 Å². The number of nitrogens with one attached hydrogen (secondary N) is 1. The molecule has 2 saturated heterocycles. The number of benzene rings is 1. The number of piperidine rings is 1. The first kappa shape index (κ1) is 34.6. The summed E-state index contributed by atoms with van der Waals surface area (Å²) in [5.41, 5.74) is -0.861. The zero-order valence-corrected chi connectivity index (χ0v) is 28.1. The Labute approximate surface area is 281 Å². The van der Waals surface area contributed by atoms with E-state index in [9.17, 15) is 22.8 Å². The maximum Gasteiger partial charge on any atom is 0.418 e. The van der Waals surface area contributed by atoms with Gasteiger partial charge in [0.15, 0.2) is 0 Å². The number of pyridine rings is 1. The van der Waals surface area contributed by atoms with Gasteiger partial charge in [-0.3, -0.25) is 13.9 Å². The minimum atomic E-state index is -4.67. The number of fused-ring (bicyclic) bond motifs is 1. The number of aromatic nitrogens is 5. The SMILES string of the molecule is Cn1cnnc1CC1(c2cccc(-n3cc4c(C(F)(F)F)cc(CN5CCC(OCCNC(=O)OC(C)(C)C)CC5)cn4c3=O)c2)COC1. The third kappa shape index (κ3) is 7.84. The number of carbonyl (C=O) groups excluding carboxylic acids is 1. The molecule has 2 aliphatic heterocycles. The normalized spacial score (nSPS) is 17.3. The fourth-order valence-electron chi connectivity index (χ4n) is 6.40. The molecule has 3 aromatic heterocycles. The summed E-state index contributed by atoms with van der Waals surface area (Å²) in [6.07, 6.45) is 1.15. The van der Waals surface area contributed by atoms with Crippen LogP contribution in [0.3, 0.4) is 0 Å². The first-order valence-electron chi connectivity index (χ1n) is 16.4. The lowest BCUT2D eigenvalue weighted by molar-refractivity contribution is -0.136. The highest BCUT2D eigenvalue weighted by Crippen LogP contribution is 2.37. The number of likely N-dealkylation sites (tertiary alicyclic amines) is 1. The highest BCUT2D eigenvalue weighted by molar-refractivity contribution is 5.67. The van der Waals surface area contributed by atoms with Crippen LogP contribution in [0, 0.1) is 0 Å². The summed E-state index contributed by atoms with van der Waals surface area (Å²) in [5.74, 6) is 0.784. The number of alkyl carbamates (subject to hydrolysis) is 1. The van der Waals surface area contributed by atoms with Gasteiger partial charge in [0, 0.05) is 57.5 Å². The molecule has 0 unspecified atom stereocenters. The van der Waals surface area contributed by atoms with Crippen LogP contribution in [-0.2, 0) is 45.8 Å². The second kappa shape index (κ2) is 13.6. The third-order valence-corrected chi connectivity index (χ3v) is 8.99. The lowest BCUT2D eigenvalue weighted by Crippen LogP contribution is -2.49. The molecule has 0 bridgehead atoms. The summed E-state index contributed by atoms with van der Waals surface area (Å²) >= 11 is 0. The fraction of sp³-hybridized carbons (Fsp3) is 0.529. The van der Waals surface area contributed by atoms with Crippen molar-refractivity contribution in [1.82, 2.24) is 33.9 Å². The molecule has 2 aliphatic rings. The van der Waals surface area contributed by atoms with Crippen molar-refractivity contribution >= 4 is 11.6 Å². The summed E-state index contributed by atoms with van der Waals surface area (Å²) in [5, 5.41) is 10.8. The Bertz CT molecular complexity index is 1850. The van der Waals surface area contributed by atoms with Crippen LogP contribution in [0.1, 0.15) is 56.1 Å². The number of hydrogen-bond donors (Lipinski definition) is 1. The predicted octanol–water partition coefficient (Wildman–Crippen LogP) is 4.25. The van der Waals surface area contributed by atoms with Crippen molar-refractivity contribution in [3.63, 3.8) is 0 Å². The van der Waals surface area contributed by atoms with Gasteiger partial charge in [0.25, 0.3) is 0 Å². The summed E-state index contributed by atoms with van der Waals surface area (Å²) in [6.45, 7) is 8.40. The topological polar surface area (TPSA) is 117 Å². The van der Waals surface area contributed by atoms with Gasteiger partial charge in [0.05, 0.1) is 42.7 Å². The first-order valence-corrected chi connectivity index (χ1v) is 16.4. The quantitative estimate of drug-likeness (QED) is 0.247. The number of nitrogens with zero attached hydrogens (tertiary/aromatic N) is 6. The molecule has 49 heavy (non-hydrogen) atoms. The fourth-order valence-corrected chi connectivity index (χ4v) is 6.40. The summed E-state index contributed by atoms with van der Waals surface area (Å²) in [7, 11) is 1.87. The maximum absolute atomic E-state index is 14.4. The minimum absolute atomic E-state index is 0.0247. The molecule has 2 fully saturated rings. The molecule has 15 heteroatoms. The average Bonchev–Trinajstić information content (AvgIpc) is 3.58. The number of rotatable bonds is 10. The number of hydrogen-bond acceptors (Lipinski definition) is 8. The van der Waals surface area contributed by atoms with Crippen molar-refractivity contribution in [3.05, 3.63) is 82.1 Å². The van der Waals surface area contributed by atoms with Gasteiger partial charge in [-0.15, -0.1) is 10.2 Å². The molecule has 12 nitrogen and oxygen atoms in total. The lowest BCUT2D eigenvalue weighted by atomic mass is 9.75. The Balaban J connectivity index is 1.16. The standard InChI is InChI=1S/C34H42F3N7O5/c1-32(2,3)49-30(45)38-10-13-48-26-8-11-42(12-9-26)17-23-14-27(34(35,36)37)28-19-43(31(46)44(28)18-23)25-7-5-6-24(15-25)33(20-47-21-33)16-29-40-39-22-41(29)4/h5-7,14-15,18-19,22,26H,8-13,16-17,20-21H2,1-4H3,(H,38,45). The van der Waals surface area contributed by atoms with Gasteiger partial charge in [-0.2, -0.15) is 13.2 Å². The number of aryl methyl sites for hydroxylation is 1. The van der Waals surface area contributed by atoms with E-state index < -0.39 is 29.1 Å². The molecular formula is C34H42F3N7O5. The van der Waals surface area contributed by atoms with Gasteiger partial charge in [-0.05, 0) is 62.9 Å². The maximum atomic E-state index is 14.4. The second-order valence-corrected chi connectivity index (χ2v) is 13.9.